The normalized spacial score (nSPS) is 31.6. The zero-order chi connectivity index (χ0) is 11.6. The van der Waals surface area contributed by atoms with Gasteiger partial charge in [0.1, 0.15) is 9.84 Å². The quantitative estimate of drug-likeness (QED) is 0.772. The fourth-order valence-electron chi connectivity index (χ4n) is 2.77. The van der Waals surface area contributed by atoms with Gasteiger partial charge in [0.15, 0.2) is 0 Å². The van der Waals surface area contributed by atoms with Gasteiger partial charge >= 0.3 is 0 Å². The molecule has 2 saturated heterocycles. The molecule has 2 aliphatic rings. The van der Waals surface area contributed by atoms with E-state index in [0.29, 0.717) is 17.8 Å². The van der Waals surface area contributed by atoms with Crippen molar-refractivity contribution in [1.29, 1.82) is 0 Å². The Balaban J connectivity index is 1.74. The Bertz CT molecular complexity index is 329. The highest BCUT2D eigenvalue weighted by Crippen LogP contribution is 2.20. The lowest BCUT2D eigenvalue weighted by molar-refractivity contribution is 0.260. The van der Waals surface area contributed by atoms with Gasteiger partial charge in [0.2, 0.25) is 0 Å². The van der Waals surface area contributed by atoms with Crippen molar-refractivity contribution in [2.24, 2.45) is 0 Å². The van der Waals surface area contributed by atoms with E-state index in [2.05, 4.69) is 10.2 Å². The van der Waals surface area contributed by atoms with Crippen LogP contribution in [-0.4, -0.2) is 57.0 Å². The van der Waals surface area contributed by atoms with Crippen LogP contribution in [0.5, 0.6) is 0 Å². The molecule has 0 aliphatic carbocycles. The number of hydrogen-bond donors (Lipinski definition) is 1. The van der Waals surface area contributed by atoms with Crippen LogP contribution in [0.15, 0.2) is 0 Å². The van der Waals surface area contributed by atoms with Gasteiger partial charge in [-0.1, -0.05) is 0 Å². The van der Waals surface area contributed by atoms with Gasteiger partial charge < -0.3 is 10.2 Å². The second-order valence-corrected chi connectivity index (χ2v) is 7.47. The van der Waals surface area contributed by atoms with E-state index in [4.69, 9.17) is 0 Å². The summed E-state index contributed by atoms with van der Waals surface area (Å²) in [5.74, 6) is 0.324. The van der Waals surface area contributed by atoms with Gasteiger partial charge in [-0.25, -0.2) is 8.42 Å². The van der Waals surface area contributed by atoms with Crippen LogP contribution in [0.2, 0.25) is 0 Å². The van der Waals surface area contributed by atoms with Gasteiger partial charge in [-0.05, 0) is 38.8 Å². The molecule has 2 bridgehead atoms. The van der Waals surface area contributed by atoms with Crippen molar-refractivity contribution in [3.63, 3.8) is 0 Å². The Morgan fingerprint density at radius 1 is 1.25 bits per heavy atom. The van der Waals surface area contributed by atoms with Crippen LogP contribution in [0.4, 0.5) is 0 Å². The van der Waals surface area contributed by atoms with Gasteiger partial charge in [-0.15, -0.1) is 0 Å². The maximum atomic E-state index is 11.0. The number of rotatable bonds is 4. The second kappa shape index (κ2) is 5.02. The van der Waals surface area contributed by atoms with Crippen molar-refractivity contribution < 1.29 is 8.42 Å². The van der Waals surface area contributed by atoms with Gasteiger partial charge in [0.05, 0.1) is 5.75 Å². The third-order valence-electron chi connectivity index (χ3n) is 3.60. The number of likely N-dealkylation sites (tertiary alicyclic amines) is 1. The molecule has 0 amide bonds. The minimum atomic E-state index is -2.79. The van der Waals surface area contributed by atoms with Crippen molar-refractivity contribution in [3.05, 3.63) is 0 Å². The highest BCUT2D eigenvalue weighted by molar-refractivity contribution is 7.90. The molecule has 0 saturated carbocycles. The van der Waals surface area contributed by atoms with Gasteiger partial charge in [-0.2, -0.15) is 0 Å². The van der Waals surface area contributed by atoms with E-state index in [1.54, 1.807) is 0 Å². The van der Waals surface area contributed by atoms with Crippen LogP contribution in [0.25, 0.3) is 0 Å². The molecular formula is C11H22N2O2S. The van der Waals surface area contributed by atoms with E-state index in [1.165, 1.54) is 25.5 Å². The van der Waals surface area contributed by atoms with Crippen LogP contribution in [0.3, 0.4) is 0 Å². The average molecular weight is 246 g/mol. The molecule has 16 heavy (non-hydrogen) atoms. The Kier molecular flexibility index (Phi) is 3.87. The van der Waals surface area contributed by atoms with Crippen molar-refractivity contribution in [2.75, 3.05) is 31.6 Å². The number of fused-ring (bicyclic) bond motifs is 2. The predicted octanol–water partition coefficient (Wildman–Crippen LogP) is 0.247. The van der Waals surface area contributed by atoms with E-state index in [-0.39, 0.29) is 0 Å². The molecule has 0 aromatic heterocycles. The molecule has 0 radical (unpaired) electrons. The lowest BCUT2D eigenvalue weighted by Gasteiger charge is -2.23. The molecule has 2 unspecified atom stereocenters. The lowest BCUT2D eigenvalue weighted by atomic mass is 10.1. The first-order chi connectivity index (χ1) is 7.53. The van der Waals surface area contributed by atoms with Crippen molar-refractivity contribution in [2.45, 2.75) is 37.8 Å². The van der Waals surface area contributed by atoms with E-state index in [9.17, 15) is 8.42 Å². The third kappa shape index (κ3) is 3.71. The molecule has 0 aromatic rings. The van der Waals surface area contributed by atoms with Crippen molar-refractivity contribution >= 4 is 9.84 Å². The summed E-state index contributed by atoms with van der Waals surface area (Å²) in [6, 6.07) is 1.36. The first-order valence-corrected chi connectivity index (χ1v) is 8.25. The number of nitrogens with zero attached hydrogens (tertiary/aromatic N) is 1. The maximum absolute atomic E-state index is 11.0. The monoisotopic (exact) mass is 246 g/mol. The van der Waals surface area contributed by atoms with E-state index < -0.39 is 9.84 Å². The Hall–Kier alpha value is -0.130. The fourth-order valence-corrected chi connectivity index (χ4v) is 3.42. The van der Waals surface area contributed by atoms with E-state index in [0.717, 1.165) is 26.1 Å². The molecule has 5 heteroatoms. The minimum absolute atomic E-state index is 0.324. The minimum Gasteiger partial charge on any atom is -0.310 e. The summed E-state index contributed by atoms with van der Waals surface area (Å²) in [4.78, 5) is 2.42. The summed E-state index contributed by atoms with van der Waals surface area (Å²) in [6.45, 7) is 3.15. The zero-order valence-corrected chi connectivity index (χ0v) is 10.8. The number of hydrogen-bond acceptors (Lipinski definition) is 4. The summed E-state index contributed by atoms with van der Waals surface area (Å²) in [6.07, 6.45) is 5.92. The molecule has 2 rings (SSSR count). The van der Waals surface area contributed by atoms with E-state index >= 15 is 0 Å². The molecule has 0 aromatic carbocycles. The summed E-state index contributed by atoms with van der Waals surface area (Å²) < 4.78 is 22.1. The van der Waals surface area contributed by atoms with Crippen molar-refractivity contribution in [3.8, 4) is 0 Å². The van der Waals surface area contributed by atoms with Crippen LogP contribution < -0.4 is 5.32 Å². The summed E-state index contributed by atoms with van der Waals surface area (Å²) >= 11 is 0. The van der Waals surface area contributed by atoms with Gasteiger partial charge in [-0.3, -0.25) is 0 Å². The summed E-state index contributed by atoms with van der Waals surface area (Å²) in [5.41, 5.74) is 0. The summed E-state index contributed by atoms with van der Waals surface area (Å²) in [5, 5.41) is 3.63. The van der Waals surface area contributed by atoms with Crippen molar-refractivity contribution in [1.82, 2.24) is 10.2 Å². The van der Waals surface area contributed by atoms with Gasteiger partial charge in [0.25, 0.3) is 0 Å². The van der Waals surface area contributed by atoms with E-state index in [1.807, 2.05) is 0 Å². The topological polar surface area (TPSA) is 49.4 Å². The molecule has 2 atom stereocenters. The summed E-state index contributed by atoms with van der Waals surface area (Å²) in [7, 11) is -2.79. The van der Waals surface area contributed by atoms with Crippen LogP contribution >= 0.6 is 0 Å². The highest BCUT2D eigenvalue weighted by Gasteiger charge is 2.28. The second-order valence-electron chi connectivity index (χ2n) is 5.21. The highest BCUT2D eigenvalue weighted by atomic mass is 32.2. The zero-order valence-electron chi connectivity index (χ0n) is 9.98. The molecule has 2 aliphatic heterocycles. The average Bonchev–Trinajstić information content (AvgIpc) is 2.48. The third-order valence-corrected chi connectivity index (χ3v) is 4.63. The molecule has 4 nitrogen and oxygen atoms in total. The fraction of sp³-hybridized carbons (Fsp3) is 1.00. The molecule has 94 valence electrons. The molecular weight excluding hydrogens is 224 g/mol. The standard InChI is InChI=1S/C11H22N2O2S/c1-16(14,15)8-2-6-13-7-5-10-3-4-11(9-13)12-10/h10-12H,2-9H2,1H3. The Labute approximate surface area is 98.3 Å². The lowest BCUT2D eigenvalue weighted by Crippen LogP contribution is -2.36. The predicted molar refractivity (Wildman–Crippen MR) is 65.3 cm³/mol. The van der Waals surface area contributed by atoms with Crippen LogP contribution in [-0.2, 0) is 9.84 Å². The Morgan fingerprint density at radius 3 is 2.75 bits per heavy atom. The van der Waals surface area contributed by atoms with Gasteiger partial charge in [0, 0.05) is 24.9 Å². The molecule has 2 heterocycles. The Morgan fingerprint density at radius 2 is 2.00 bits per heavy atom. The molecule has 0 spiro atoms. The smallest absolute Gasteiger partial charge is 0.147 e. The largest absolute Gasteiger partial charge is 0.310 e. The molecule has 2 fully saturated rings. The first-order valence-electron chi connectivity index (χ1n) is 6.19. The molecule has 1 N–H and O–H groups in total. The van der Waals surface area contributed by atoms with Crippen LogP contribution in [0, 0.1) is 0 Å². The van der Waals surface area contributed by atoms with Crippen LogP contribution in [0.1, 0.15) is 25.7 Å². The number of nitrogens with one attached hydrogen (secondary N) is 1. The maximum Gasteiger partial charge on any atom is 0.147 e. The SMILES string of the molecule is CS(=O)(=O)CCCN1CCC2CCC(C1)N2. The first kappa shape index (κ1) is 12.3. The number of sulfone groups is 1.